The third-order valence-corrected chi connectivity index (χ3v) is 10.1. The average molecular weight is 641 g/mol. The summed E-state index contributed by atoms with van der Waals surface area (Å²) in [7, 11) is 0. The Morgan fingerprint density at radius 3 is 1.22 bits per heavy atom. The summed E-state index contributed by atoms with van der Waals surface area (Å²) >= 11 is 0. The van der Waals surface area contributed by atoms with Crippen molar-refractivity contribution in [1.29, 1.82) is 0 Å². The van der Waals surface area contributed by atoms with E-state index in [1.807, 2.05) is 24.8 Å². The molecule has 7 aromatic carbocycles. The molecule has 0 aliphatic carbocycles. The Kier molecular flexibility index (Phi) is 5.57. The molecule has 0 saturated heterocycles. The first kappa shape index (κ1) is 27.1. The van der Waals surface area contributed by atoms with Crippen molar-refractivity contribution in [3.8, 4) is 22.7 Å². The maximum absolute atomic E-state index is 4.65. The van der Waals surface area contributed by atoms with Gasteiger partial charge in [0.1, 0.15) is 12.7 Å². The molecule has 4 aromatic heterocycles. The van der Waals surface area contributed by atoms with Gasteiger partial charge in [0.25, 0.3) is 0 Å². The Morgan fingerprint density at radius 1 is 0.300 bits per heavy atom. The van der Waals surface area contributed by atoms with Crippen molar-refractivity contribution in [3.63, 3.8) is 0 Å². The van der Waals surface area contributed by atoms with E-state index in [1.165, 1.54) is 32.6 Å². The number of benzene rings is 7. The van der Waals surface area contributed by atoms with Gasteiger partial charge in [0.2, 0.25) is 0 Å². The average Bonchev–Trinajstić information content (AvgIpc) is 3.95. The van der Waals surface area contributed by atoms with E-state index in [2.05, 4.69) is 174 Å². The highest BCUT2D eigenvalue weighted by molar-refractivity contribution is 6.11. The first-order valence-corrected chi connectivity index (χ1v) is 16.8. The number of rotatable bonds is 4. The van der Waals surface area contributed by atoms with Crippen LogP contribution in [0, 0.1) is 0 Å². The zero-order valence-electron chi connectivity index (χ0n) is 26.8. The van der Waals surface area contributed by atoms with Crippen molar-refractivity contribution in [1.82, 2.24) is 28.2 Å². The number of imidazole rings is 2. The molecule has 6 nitrogen and oxygen atoms in total. The molecular weight excluding hydrogens is 613 g/mol. The van der Waals surface area contributed by atoms with Crippen LogP contribution in [0.25, 0.3) is 88.4 Å². The maximum atomic E-state index is 4.65. The van der Waals surface area contributed by atoms with Crippen LogP contribution in [-0.4, -0.2) is 28.2 Å². The first-order chi connectivity index (χ1) is 24.8. The molecule has 0 amide bonds. The van der Waals surface area contributed by atoms with Crippen molar-refractivity contribution in [2.45, 2.75) is 0 Å². The summed E-state index contributed by atoms with van der Waals surface area (Å²) in [6, 6.07) is 56.3. The first-order valence-electron chi connectivity index (χ1n) is 16.8. The van der Waals surface area contributed by atoms with Gasteiger partial charge >= 0.3 is 0 Å². The second-order valence-electron chi connectivity index (χ2n) is 12.8. The monoisotopic (exact) mass is 640 g/mol. The smallest absolute Gasteiger partial charge is 0.100 e. The highest BCUT2D eigenvalue weighted by Crippen LogP contribution is 2.37. The van der Waals surface area contributed by atoms with Gasteiger partial charge in [-0.3, -0.25) is 9.13 Å². The minimum absolute atomic E-state index is 0.989. The summed E-state index contributed by atoms with van der Waals surface area (Å²) in [5.74, 6) is 0. The minimum atomic E-state index is 0.989. The molecule has 0 saturated carbocycles. The van der Waals surface area contributed by atoms with Crippen LogP contribution in [0.2, 0.25) is 0 Å². The summed E-state index contributed by atoms with van der Waals surface area (Å²) in [5, 5.41) is 4.85. The lowest BCUT2D eigenvalue weighted by Gasteiger charge is -2.13. The van der Waals surface area contributed by atoms with E-state index in [-0.39, 0.29) is 0 Å². The van der Waals surface area contributed by atoms with Crippen molar-refractivity contribution in [3.05, 3.63) is 170 Å². The van der Waals surface area contributed by atoms with Crippen LogP contribution >= 0.6 is 0 Å². The van der Waals surface area contributed by atoms with Crippen LogP contribution in [-0.2, 0) is 0 Å². The largest absolute Gasteiger partial charge is 0.309 e. The number of para-hydroxylation sites is 6. The molecule has 0 spiro atoms. The van der Waals surface area contributed by atoms with Gasteiger partial charge in [-0.05, 0) is 91.0 Å². The van der Waals surface area contributed by atoms with Crippen molar-refractivity contribution in [2.75, 3.05) is 0 Å². The molecule has 0 fully saturated rings. The number of hydrogen-bond acceptors (Lipinski definition) is 2. The zero-order chi connectivity index (χ0) is 32.8. The lowest BCUT2D eigenvalue weighted by Crippen LogP contribution is -1.99. The molecule has 0 aliphatic heterocycles. The van der Waals surface area contributed by atoms with E-state index in [9.17, 15) is 0 Å². The van der Waals surface area contributed by atoms with Gasteiger partial charge in [0, 0.05) is 44.3 Å². The number of fused-ring (bicyclic) bond motifs is 8. The molecule has 6 heteroatoms. The third kappa shape index (κ3) is 3.84. The van der Waals surface area contributed by atoms with Crippen LogP contribution in [0.1, 0.15) is 0 Å². The Bertz CT molecular complexity index is 2910. The van der Waals surface area contributed by atoms with Gasteiger partial charge in [-0.25, -0.2) is 9.97 Å². The number of aromatic nitrogens is 6. The van der Waals surface area contributed by atoms with E-state index in [4.69, 9.17) is 0 Å². The Morgan fingerprint density at radius 2 is 0.720 bits per heavy atom. The maximum Gasteiger partial charge on any atom is 0.100 e. The molecule has 0 N–H and O–H groups in total. The predicted octanol–water partition coefficient (Wildman–Crippen LogP) is 10.6. The molecule has 0 radical (unpaired) electrons. The van der Waals surface area contributed by atoms with Crippen molar-refractivity contribution >= 4 is 65.7 Å². The molecule has 11 rings (SSSR count). The summed E-state index contributed by atoms with van der Waals surface area (Å²) in [6.45, 7) is 0. The second kappa shape index (κ2) is 10.3. The topological polar surface area (TPSA) is 45.5 Å². The fourth-order valence-electron chi connectivity index (χ4n) is 7.88. The van der Waals surface area contributed by atoms with Crippen molar-refractivity contribution < 1.29 is 0 Å². The van der Waals surface area contributed by atoms with Crippen molar-refractivity contribution in [2.24, 2.45) is 0 Å². The van der Waals surface area contributed by atoms with Crippen LogP contribution in [0.4, 0.5) is 0 Å². The molecule has 50 heavy (non-hydrogen) atoms. The minimum Gasteiger partial charge on any atom is -0.309 e. The van der Waals surface area contributed by atoms with Gasteiger partial charge < -0.3 is 9.13 Å². The van der Waals surface area contributed by atoms with E-state index in [0.29, 0.717) is 0 Å². The molecular formula is C44H28N6. The second-order valence-corrected chi connectivity index (χ2v) is 12.8. The summed E-state index contributed by atoms with van der Waals surface area (Å²) in [6.07, 6.45) is 3.83. The van der Waals surface area contributed by atoms with Gasteiger partial charge in [-0.1, -0.05) is 66.7 Å². The van der Waals surface area contributed by atoms with Crippen LogP contribution in [0.5, 0.6) is 0 Å². The molecule has 0 aliphatic rings. The van der Waals surface area contributed by atoms with Crippen LogP contribution in [0.15, 0.2) is 170 Å². The highest BCUT2D eigenvalue weighted by atomic mass is 15.1. The van der Waals surface area contributed by atoms with Gasteiger partial charge in [0.05, 0.1) is 44.1 Å². The van der Waals surface area contributed by atoms with Gasteiger partial charge in [0.15, 0.2) is 0 Å². The van der Waals surface area contributed by atoms with Gasteiger partial charge in [-0.2, -0.15) is 0 Å². The SMILES string of the molecule is c1cc(-n2c3ccccc3c3cc(-n4cnc5ccccc54)ccc32)cc(-n2c3ccccc3c3cc(-n4cnc5ccccc54)ccc32)c1. The Hall–Kier alpha value is -6.92. The van der Waals surface area contributed by atoms with E-state index >= 15 is 0 Å². The molecule has 234 valence electrons. The highest BCUT2D eigenvalue weighted by Gasteiger charge is 2.17. The summed E-state index contributed by atoms with van der Waals surface area (Å²) in [4.78, 5) is 9.30. The zero-order valence-corrected chi connectivity index (χ0v) is 26.8. The molecule has 11 aromatic rings. The molecule has 0 unspecified atom stereocenters. The van der Waals surface area contributed by atoms with E-state index in [0.717, 1.165) is 55.8 Å². The summed E-state index contributed by atoms with van der Waals surface area (Å²) < 4.78 is 9.12. The van der Waals surface area contributed by atoms with E-state index in [1.54, 1.807) is 0 Å². The Labute approximate surface area is 286 Å². The normalized spacial score (nSPS) is 12.0. The number of hydrogen-bond donors (Lipinski definition) is 0. The molecule has 0 bridgehead atoms. The quantitative estimate of drug-likeness (QED) is 0.192. The lowest BCUT2D eigenvalue weighted by atomic mass is 10.1. The standard InChI is InChI=1S/C44H28N6/c1-5-16-39-33(12-1)35-25-29(47-27-45-37-14-3-7-18-43(37)47)20-22-41(35)49(39)31-10-9-11-32(24-31)50-40-17-6-2-13-34(40)36-26-30(21-23-42(36)50)48-28-46-38-15-4-8-19-44(38)48/h1-28H. The van der Waals surface area contributed by atoms with Crippen LogP contribution in [0.3, 0.4) is 0 Å². The fraction of sp³-hybridized carbons (Fsp3) is 0. The van der Waals surface area contributed by atoms with Gasteiger partial charge in [-0.15, -0.1) is 0 Å². The Balaban J connectivity index is 1.10. The lowest BCUT2D eigenvalue weighted by molar-refractivity contribution is 1.09. The molecule has 0 atom stereocenters. The third-order valence-electron chi connectivity index (χ3n) is 10.1. The fourth-order valence-corrected chi connectivity index (χ4v) is 7.88. The molecule has 4 heterocycles. The summed E-state index contributed by atoms with van der Waals surface area (Å²) in [5.41, 5.74) is 13.3. The van der Waals surface area contributed by atoms with Crippen LogP contribution < -0.4 is 0 Å². The number of nitrogens with zero attached hydrogens (tertiary/aromatic N) is 6. The van der Waals surface area contributed by atoms with E-state index < -0.39 is 0 Å². The predicted molar refractivity (Wildman–Crippen MR) is 204 cm³/mol.